The molecule has 0 saturated carbocycles. The van der Waals surface area contributed by atoms with Crippen LogP contribution in [0.25, 0.3) is 11.5 Å². The highest BCUT2D eigenvalue weighted by Crippen LogP contribution is 2.30. The lowest BCUT2D eigenvalue weighted by Crippen LogP contribution is -2.24. The number of rotatable bonds is 4. The van der Waals surface area contributed by atoms with Crippen LogP contribution in [0.3, 0.4) is 0 Å². The molecule has 0 radical (unpaired) electrons. The third-order valence-electron chi connectivity index (χ3n) is 4.28. The number of hydrogen-bond donors (Lipinski definition) is 0. The number of carbonyl (C=O) groups is 1. The molecule has 1 aromatic carbocycles. The minimum absolute atomic E-state index is 0.0343. The quantitative estimate of drug-likeness (QED) is 0.701. The van der Waals surface area contributed by atoms with E-state index < -0.39 is 5.82 Å². The maximum absolute atomic E-state index is 13.2. The zero-order valence-electron chi connectivity index (χ0n) is 13.6. The van der Waals surface area contributed by atoms with Gasteiger partial charge in [-0.05, 0) is 29.8 Å². The topological polar surface area (TPSA) is 72.1 Å². The van der Waals surface area contributed by atoms with E-state index >= 15 is 0 Å². The van der Waals surface area contributed by atoms with E-state index in [-0.39, 0.29) is 18.2 Å². The molecule has 2 aromatic heterocycles. The SMILES string of the molecule is O=C1CC(c2nc(-c3ccccn3)no2)CN1Cc1ccc(F)cc1Cl. The van der Waals surface area contributed by atoms with Crippen LogP contribution in [-0.4, -0.2) is 32.5 Å². The second-order valence-corrected chi connectivity index (χ2v) is 6.49. The van der Waals surface area contributed by atoms with Crippen molar-refractivity contribution in [3.63, 3.8) is 0 Å². The second-order valence-electron chi connectivity index (χ2n) is 6.08. The highest BCUT2D eigenvalue weighted by molar-refractivity contribution is 6.31. The van der Waals surface area contributed by atoms with Gasteiger partial charge in [-0.1, -0.05) is 28.9 Å². The van der Waals surface area contributed by atoms with Gasteiger partial charge >= 0.3 is 0 Å². The minimum atomic E-state index is -0.405. The van der Waals surface area contributed by atoms with Gasteiger partial charge in [0.25, 0.3) is 0 Å². The number of carbonyl (C=O) groups excluding carboxylic acids is 1. The molecular weight excluding hydrogens is 359 g/mol. The van der Waals surface area contributed by atoms with Crippen LogP contribution < -0.4 is 0 Å². The molecule has 1 saturated heterocycles. The number of pyridine rings is 1. The number of nitrogens with zero attached hydrogens (tertiary/aromatic N) is 4. The lowest BCUT2D eigenvalue weighted by molar-refractivity contribution is -0.128. The highest BCUT2D eigenvalue weighted by atomic mass is 35.5. The molecule has 0 N–H and O–H groups in total. The van der Waals surface area contributed by atoms with Crippen LogP contribution in [0, 0.1) is 5.82 Å². The van der Waals surface area contributed by atoms with E-state index in [9.17, 15) is 9.18 Å². The van der Waals surface area contributed by atoms with E-state index in [1.54, 1.807) is 29.3 Å². The minimum Gasteiger partial charge on any atom is -0.339 e. The van der Waals surface area contributed by atoms with Gasteiger partial charge in [0.05, 0.1) is 5.92 Å². The molecule has 132 valence electrons. The van der Waals surface area contributed by atoms with Gasteiger partial charge in [-0.2, -0.15) is 4.98 Å². The average molecular weight is 373 g/mol. The summed E-state index contributed by atoms with van der Waals surface area (Å²) in [5, 5.41) is 4.25. The van der Waals surface area contributed by atoms with E-state index in [0.717, 1.165) is 0 Å². The number of halogens is 2. The Morgan fingerprint density at radius 3 is 2.96 bits per heavy atom. The number of hydrogen-bond acceptors (Lipinski definition) is 5. The molecule has 0 aliphatic carbocycles. The van der Waals surface area contributed by atoms with Crippen molar-refractivity contribution in [2.75, 3.05) is 6.54 Å². The smallest absolute Gasteiger partial charge is 0.232 e. The Morgan fingerprint density at radius 2 is 2.19 bits per heavy atom. The van der Waals surface area contributed by atoms with Crippen LogP contribution >= 0.6 is 11.6 Å². The number of benzene rings is 1. The normalized spacial score (nSPS) is 17.1. The lowest BCUT2D eigenvalue weighted by Gasteiger charge is -2.17. The first-order chi connectivity index (χ1) is 12.6. The molecule has 4 rings (SSSR count). The summed E-state index contributed by atoms with van der Waals surface area (Å²) >= 11 is 6.05. The third kappa shape index (κ3) is 3.30. The Hall–Kier alpha value is -2.80. The average Bonchev–Trinajstić information content (AvgIpc) is 3.25. The first kappa shape index (κ1) is 16.7. The summed E-state index contributed by atoms with van der Waals surface area (Å²) in [5.74, 6) is 0.178. The fourth-order valence-electron chi connectivity index (χ4n) is 2.95. The Morgan fingerprint density at radius 1 is 1.31 bits per heavy atom. The van der Waals surface area contributed by atoms with Gasteiger partial charge in [0.1, 0.15) is 11.5 Å². The molecule has 6 nitrogen and oxygen atoms in total. The van der Waals surface area contributed by atoms with Crippen LogP contribution in [0.1, 0.15) is 23.8 Å². The lowest BCUT2D eigenvalue weighted by atomic mass is 10.1. The van der Waals surface area contributed by atoms with Crippen molar-refractivity contribution in [2.45, 2.75) is 18.9 Å². The maximum Gasteiger partial charge on any atom is 0.232 e. The van der Waals surface area contributed by atoms with Crippen LogP contribution in [0.4, 0.5) is 4.39 Å². The first-order valence-electron chi connectivity index (χ1n) is 8.07. The Kier molecular flexibility index (Phi) is 4.38. The van der Waals surface area contributed by atoms with E-state index in [0.29, 0.717) is 41.1 Å². The van der Waals surface area contributed by atoms with Crippen LogP contribution in [0.5, 0.6) is 0 Å². The molecule has 26 heavy (non-hydrogen) atoms. The summed E-state index contributed by atoms with van der Waals surface area (Å²) in [5.41, 5.74) is 1.31. The maximum atomic E-state index is 13.2. The Balaban J connectivity index is 1.49. The van der Waals surface area contributed by atoms with Crippen molar-refractivity contribution in [3.05, 3.63) is 64.9 Å². The van der Waals surface area contributed by atoms with Crippen molar-refractivity contribution >= 4 is 17.5 Å². The molecule has 1 unspecified atom stereocenters. The molecule has 3 aromatic rings. The molecular formula is C18H14ClFN4O2. The standard InChI is InChI=1S/C18H14ClFN4O2/c19-14-8-13(20)5-4-11(14)9-24-10-12(7-16(24)25)18-22-17(23-26-18)15-3-1-2-6-21-15/h1-6,8,12H,7,9-10H2. The summed E-state index contributed by atoms with van der Waals surface area (Å²) in [4.78, 5) is 22.5. The molecule has 3 heterocycles. The fourth-order valence-corrected chi connectivity index (χ4v) is 3.17. The molecule has 0 spiro atoms. The zero-order valence-corrected chi connectivity index (χ0v) is 14.4. The summed E-state index contributed by atoms with van der Waals surface area (Å²) in [7, 11) is 0. The van der Waals surface area contributed by atoms with Gasteiger partial charge in [-0.15, -0.1) is 0 Å². The van der Waals surface area contributed by atoms with Crippen molar-refractivity contribution in [2.24, 2.45) is 0 Å². The van der Waals surface area contributed by atoms with Gasteiger partial charge in [0, 0.05) is 30.7 Å². The van der Waals surface area contributed by atoms with Crippen molar-refractivity contribution in [1.82, 2.24) is 20.0 Å². The van der Waals surface area contributed by atoms with Crippen molar-refractivity contribution in [3.8, 4) is 11.5 Å². The molecule has 1 aliphatic rings. The van der Waals surface area contributed by atoms with E-state index in [4.69, 9.17) is 16.1 Å². The van der Waals surface area contributed by atoms with Gasteiger partial charge < -0.3 is 9.42 Å². The van der Waals surface area contributed by atoms with Gasteiger partial charge in [-0.25, -0.2) is 4.39 Å². The molecule has 1 amide bonds. The summed E-state index contributed by atoms with van der Waals surface area (Å²) in [6, 6.07) is 9.59. The molecule has 1 atom stereocenters. The van der Waals surface area contributed by atoms with Gasteiger partial charge in [0.15, 0.2) is 0 Å². The second kappa shape index (κ2) is 6.84. The fraction of sp³-hybridized carbons (Fsp3) is 0.222. The monoisotopic (exact) mass is 372 g/mol. The third-order valence-corrected chi connectivity index (χ3v) is 4.63. The van der Waals surface area contributed by atoms with Crippen LogP contribution in [-0.2, 0) is 11.3 Å². The first-order valence-corrected chi connectivity index (χ1v) is 8.44. The number of likely N-dealkylation sites (tertiary alicyclic amines) is 1. The van der Waals surface area contributed by atoms with E-state index in [2.05, 4.69) is 15.1 Å². The highest BCUT2D eigenvalue weighted by Gasteiger charge is 2.34. The number of amides is 1. The van der Waals surface area contributed by atoms with Gasteiger partial charge in [0.2, 0.25) is 17.6 Å². The van der Waals surface area contributed by atoms with Crippen LogP contribution in [0.2, 0.25) is 5.02 Å². The largest absolute Gasteiger partial charge is 0.339 e. The van der Waals surface area contributed by atoms with Crippen molar-refractivity contribution in [1.29, 1.82) is 0 Å². The van der Waals surface area contributed by atoms with E-state index in [1.165, 1.54) is 12.1 Å². The predicted molar refractivity (Wildman–Crippen MR) is 91.7 cm³/mol. The summed E-state index contributed by atoms with van der Waals surface area (Å²) < 4.78 is 18.5. The number of aromatic nitrogens is 3. The summed E-state index contributed by atoms with van der Waals surface area (Å²) in [6.45, 7) is 0.756. The molecule has 8 heteroatoms. The van der Waals surface area contributed by atoms with Crippen LogP contribution in [0.15, 0.2) is 47.1 Å². The van der Waals surface area contributed by atoms with E-state index in [1.807, 2.05) is 6.07 Å². The Labute approximate surface area is 153 Å². The molecule has 1 aliphatic heterocycles. The van der Waals surface area contributed by atoms with Gasteiger partial charge in [-0.3, -0.25) is 9.78 Å². The zero-order chi connectivity index (χ0) is 18.1. The van der Waals surface area contributed by atoms with Crippen molar-refractivity contribution < 1.29 is 13.7 Å². The molecule has 0 bridgehead atoms. The predicted octanol–water partition coefficient (Wildman–Crippen LogP) is 3.44. The summed E-state index contributed by atoms with van der Waals surface area (Å²) in [6.07, 6.45) is 1.93. The molecule has 1 fully saturated rings. The Bertz CT molecular complexity index is 947.